The van der Waals surface area contributed by atoms with Crippen molar-refractivity contribution in [1.29, 1.82) is 0 Å². The van der Waals surface area contributed by atoms with Gasteiger partial charge in [-0.05, 0) is 50.1 Å². The number of para-hydroxylation sites is 2. The van der Waals surface area contributed by atoms with Crippen LogP contribution in [0.25, 0.3) is 0 Å². The van der Waals surface area contributed by atoms with Crippen LogP contribution in [0.3, 0.4) is 0 Å². The molecule has 2 aromatic rings. The van der Waals surface area contributed by atoms with Gasteiger partial charge >= 0.3 is 6.03 Å². The Morgan fingerprint density at radius 1 is 1.18 bits per heavy atom. The standard InChI is InChI=1S/C21H25N3O4/c1-4-9-16-12-15(13-19(20(16)25)28-6-3)14-22-24-21(26)23-17-10-7-8-11-18(17)27-5-2/h4,7-8,10-14,25H,1,5-6,9H2,2-3H3,(H2,23,24,26)/b22-14+. The Labute approximate surface area is 164 Å². The fourth-order valence-corrected chi connectivity index (χ4v) is 2.51. The number of nitrogens with zero attached hydrogens (tertiary/aromatic N) is 1. The lowest BCUT2D eigenvalue weighted by Gasteiger charge is -2.11. The van der Waals surface area contributed by atoms with Crippen LogP contribution >= 0.6 is 0 Å². The minimum atomic E-state index is -0.501. The molecule has 0 saturated carbocycles. The first-order chi connectivity index (χ1) is 13.6. The fraction of sp³-hybridized carbons (Fsp3) is 0.238. The van der Waals surface area contributed by atoms with Crippen LogP contribution in [0.15, 0.2) is 54.2 Å². The zero-order valence-electron chi connectivity index (χ0n) is 16.1. The Bertz CT molecular complexity index is 850. The van der Waals surface area contributed by atoms with Gasteiger partial charge in [0.1, 0.15) is 5.75 Å². The van der Waals surface area contributed by atoms with Crippen LogP contribution in [0.5, 0.6) is 17.2 Å². The first-order valence-corrected chi connectivity index (χ1v) is 9.00. The number of carbonyl (C=O) groups is 1. The quantitative estimate of drug-likeness (QED) is 0.346. The van der Waals surface area contributed by atoms with E-state index in [1.54, 1.807) is 36.4 Å². The van der Waals surface area contributed by atoms with E-state index in [9.17, 15) is 9.90 Å². The number of amides is 2. The van der Waals surface area contributed by atoms with Gasteiger partial charge in [0.15, 0.2) is 11.5 Å². The molecule has 7 nitrogen and oxygen atoms in total. The number of anilines is 1. The zero-order valence-corrected chi connectivity index (χ0v) is 16.1. The number of hydrazone groups is 1. The van der Waals surface area contributed by atoms with Gasteiger partial charge in [0.05, 0.1) is 25.1 Å². The van der Waals surface area contributed by atoms with E-state index >= 15 is 0 Å². The second-order valence-corrected chi connectivity index (χ2v) is 5.71. The summed E-state index contributed by atoms with van der Waals surface area (Å²) in [4.78, 5) is 12.1. The van der Waals surface area contributed by atoms with Gasteiger partial charge in [-0.3, -0.25) is 0 Å². The van der Waals surface area contributed by atoms with Gasteiger partial charge in [-0.15, -0.1) is 6.58 Å². The molecule has 28 heavy (non-hydrogen) atoms. The number of nitrogens with one attached hydrogen (secondary N) is 2. The summed E-state index contributed by atoms with van der Waals surface area (Å²) in [5.41, 5.74) is 4.30. The number of ether oxygens (including phenoxy) is 2. The van der Waals surface area contributed by atoms with Crippen molar-refractivity contribution in [3.63, 3.8) is 0 Å². The van der Waals surface area contributed by atoms with Crippen LogP contribution in [0.4, 0.5) is 10.5 Å². The molecule has 7 heteroatoms. The SMILES string of the molecule is C=CCc1cc(/C=N/NC(=O)Nc2ccccc2OCC)cc(OCC)c1O. The third-order valence-electron chi connectivity index (χ3n) is 3.66. The molecule has 0 aliphatic heterocycles. The van der Waals surface area contributed by atoms with Crippen molar-refractivity contribution in [2.45, 2.75) is 20.3 Å². The molecule has 148 valence electrons. The molecule has 0 bridgehead atoms. The lowest BCUT2D eigenvalue weighted by molar-refractivity contribution is 0.252. The summed E-state index contributed by atoms with van der Waals surface area (Å²) in [6.45, 7) is 8.30. The fourth-order valence-electron chi connectivity index (χ4n) is 2.51. The minimum absolute atomic E-state index is 0.0807. The maximum Gasteiger partial charge on any atom is 0.339 e. The Hall–Kier alpha value is -3.48. The molecule has 3 N–H and O–H groups in total. The Morgan fingerprint density at radius 2 is 1.89 bits per heavy atom. The number of phenols is 1. The number of rotatable bonds is 9. The highest BCUT2D eigenvalue weighted by Gasteiger charge is 2.10. The van der Waals surface area contributed by atoms with Crippen molar-refractivity contribution in [3.8, 4) is 17.2 Å². The summed E-state index contributed by atoms with van der Waals surface area (Å²) in [7, 11) is 0. The molecule has 0 fully saturated rings. The van der Waals surface area contributed by atoms with Crippen molar-refractivity contribution < 1.29 is 19.4 Å². The van der Waals surface area contributed by atoms with E-state index in [0.717, 1.165) is 0 Å². The molecule has 0 radical (unpaired) electrons. The second-order valence-electron chi connectivity index (χ2n) is 5.71. The summed E-state index contributed by atoms with van der Waals surface area (Å²) in [6, 6.07) is 10.0. The molecule has 0 spiro atoms. The molecule has 0 aromatic heterocycles. The van der Waals surface area contributed by atoms with E-state index in [1.807, 2.05) is 19.9 Å². The van der Waals surface area contributed by atoms with E-state index < -0.39 is 6.03 Å². The smallest absolute Gasteiger partial charge is 0.339 e. The largest absolute Gasteiger partial charge is 0.504 e. The number of benzene rings is 2. The summed E-state index contributed by atoms with van der Waals surface area (Å²) in [5, 5.41) is 16.9. The highest BCUT2D eigenvalue weighted by Crippen LogP contribution is 2.32. The van der Waals surface area contributed by atoms with Gasteiger partial charge in [0.25, 0.3) is 0 Å². The predicted molar refractivity (Wildman–Crippen MR) is 111 cm³/mol. The molecule has 2 rings (SSSR count). The first kappa shape index (κ1) is 20.8. The predicted octanol–water partition coefficient (Wildman–Crippen LogP) is 4.07. The molecular formula is C21H25N3O4. The Kier molecular flexibility index (Phi) is 7.90. The second kappa shape index (κ2) is 10.6. The van der Waals surface area contributed by atoms with Crippen LogP contribution in [0.2, 0.25) is 0 Å². The lowest BCUT2D eigenvalue weighted by Crippen LogP contribution is -2.24. The summed E-state index contributed by atoms with van der Waals surface area (Å²) >= 11 is 0. The molecule has 0 saturated heterocycles. The molecule has 0 heterocycles. The van der Waals surface area contributed by atoms with Crippen LogP contribution < -0.4 is 20.2 Å². The van der Waals surface area contributed by atoms with Crippen LogP contribution in [0.1, 0.15) is 25.0 Å². The molecular weight excluding hydrogens is 358 g/mol. The van der Waals surface area contributed by atoms with Crippen molar-refractivity contribution in [2.24, 2.45) is 5.10 Å². The van der Waals surface area contributed by atoms with Gasteiger partial charge in [-0.2, -0.15) is 5.10 Å². The Balaban J connectivity index is 2.07. The van der Waals surface area contributed by atoms with E-state index in [-0.39, 0.29) is 5.75 Å². The number of hydrogen-bond donors (Lipinski definition) is 3. The topological polar surface area (TPSA) is 92.2 Å². The van der Waals surface area contributed by atoms with Crippen molar-refractivity contribution in [1.82, 2.24) is 5.43 Å². The van der Waals surface area contributed by atoms with E-state index in [1.165, 1.54) is 6.21 Å². The number of phenolic OH excluding ortho intramolecular Hbond substituents is 1. The average molecular weight is 383 g/mol. The third-order valence-corrected chi connectivity index (χ3v) is 3.66. The maximum atomic E-state index is 12.1. The van der Waals surface area contributed by atoms with Gasteiger partial charge in [0.2, 0.25) is 0 Å². The van der Waals surface area contributed by atoms with Crippen molar-refractivity contribution >= 4 is 17.9 Å². The average Bonchev–Trinajstić information content (AvgIpc) is 2.67. The normalized spacial score (nSPS) is 10.5. The van der Waals surface area contributed by atoms with Gasteiger partial charge in [0, 0.05) is 5.56 Å². The summed E-state index contributed by atoms with van der Waals surface area (Å²) in [6.07, 6.45) is 3.64. The Morgan fingerprint density at radius 3 is 2.61 bits per heavy atom. The molecule has 0 aliphatic carbocycles. The van der Waals surface area contributed by atoms with Crippen LogP contribution in [-0.4, -0.2) is 30.6 Å². The maximum absolute atomic E-state index is 12.1. The summed E-state index contributed by atoms with van der Waals surface area (Å²) in [5.74, 6) is 1.02. The number of urea groups is 1. The summed E-state index contributed by atoms with van der Waals surface area (Å²) < 4.78 is 10.9. The first-order valence-electron chi connectivity index (χ1n) is 9.00. The molecule has 2 amide bonds. The molecule has 2 aromatic carbocycles. The molecule has 0 atom stereocenters. The minimum Gasteiger partial charge on any atom is -0.504 e. The van der Waals surface area contributed by atoms with Crippen LogP contribution in [-0.2, 0) is 6.42 Å². The van der Waals surface area contributed by atoms with Crippen LogP contribution in [0, 0.1) is 0 Å². The third kappa shape index (κ3) is 5.77. The monoisotopic (exact) mass is 383 g/mol. The van der Waals surface area contributed by atoms with Gasteiger partial charge in [-0.25, -0.2) is 10.2 Å². The number of allylic oxidation sites excluding steroid dienone is 1. The highest BCUT2D eigenvalue weighted by molar-refractivity contribution is 5.92. The van der Waals surface area contributed by atoms with E-state index in [4.69, 9.17) is 9.47 Å². The van der Waals surface area contributed by atoms with Gasteiger partial charge < -0.3 is 19.9 Å². The van der Waals surface area contributed by atoms with Crippen molar-refractivity contribution in [3.05, 3.63) is 60.2 Å². The van der Waals surface area contributed by atoms with E-state index in [2.05, 4.69) is 22.4 Å². The molecule has 0 aliphatic rings. The molecule has 0 unspecified atom stereocenters. The lowest BCUT2D eigenvalue weighted by atomic mass is 10.1. The zero-order chi connectivity index (χ0) is 20.4. The van der Waals surface area contributed by atoms with E-state index in [0.29, 0.717) is 47.9 Å². The highest BCUT2D eigenvalue weighted by atomic mass is 16.5. The number of aromatic hydroxyl groups is 1. The van der Waals surface area contributed by atoms with Gasteiger partial charge in [-0.1, -0.05) is 18.2 Å². The van der Waals surface area contributed by atoms with Crippen molar-refractivity contribution in [2.75, 3.05) is 18.5 Å². The number of carbonyl (C=O) groups excluding carboxylic acids is 1. The number of hydrogen-bond acceptors (Lipinski definition) is 5.